The molecular formula is C18H20N2O. The molecule has 0 saturated heterocycles. The van der Waals surface area contributed by atoms with Gasteiger partial charge in [-0.1, -0.05) is 61.9 Å². The number of carbonyl (C=O) groups excluding carboxylic acids is 1. The fourth-order valence-electron chi connectivity index (χ4n) is 2.01. The maximum absolute atomic E-state index is 12.0. The Bertz CT molecular complexity index is 591. The second kappa shape index (κ2) is 8.00. The number of hydrogen-bond acceptors (Lipinski definition) is 2. The lowest BCUT2D eigenvalue weighted by molar-refractivity contribution is 0.0955. The van der Waals surface area contributed by atoms with Crippen molar-refractivity contribution >= 4 is 11.6 Å². The largest absolute Gasteiger partial charge is 0.271 e. The third-order valence-electron chi connectivity index (χ3n) is 3.20. The molecule has 0 atom stereocenters. The number of benzene rings is 2. The average molecular weight is 280 g/mol. The monoisotopic (exact) mass is 280 g/mol. The van der Waals surface area contributed by atoms with E-state index in [4.69, 9.17) is 0 Å². The standard InChI is InChI=1S/C18H20N2O/c1-2-3-14-17(15-10-6-4-7-11-15)19-20-18(21)16-12-8-5-9-13-16/h4-13H,2-3,14H2,1H3,(H,20,21)/b19-17-. The summed E-state index contributed by atoms with van der Waals surface area (Å²) in [6, 6.07) is 19.1. The molecule has 0 radical (unpaired) electrons. The van der Waals surface area contributed by atoms with Crippen LogP contribution in [0.15, 0.2) is 65.8 Å². The van der Waals surface area contributed by atoms with Crippen LogP contribution in [-0.4, -0.2) is 11.6 Å². The minimum atomic E-state index is -0.180. The van der Waals surface area contributed by atoms with Crippen molar-refractivity contribution < 1.29 is 4.79 Å². The molecule has 0 fully saturated rings. The smallest absolute Gasteiger partial charge is 0.267 e. The van der Waals surface area contributed by atoms with Gasteiger partial charge in [-0.25, -0.2) is 5.43 Å². The lowest BCUT2D eigenvalue weighted by atomic mass is 10.1. The second-order valence-electron chi connectivity index (χ2n) is 4.84. The molecule has 0 saturated carbocycles. The molecule has 0 spiro atoms. The Hall–Kier alpha value is -2.42. The van der Waals surface area contributed by atoms with Crippen LogP contribution in [0.25, 0.3) is 0 Å². The second-order valence-corrected chi connectivity index (χ2v) is 4.84. The summed E-state index contributed by atoms with van der Waals surface area (Å²) in [4.78, 5) is 12.0. The van der Waals surface area contributed by atoms with Crippen LogP contribution < -0.4 is 5.43 Å². The first-order valence-electron chi connectivity index (χ1n) is 7.28. The summed E-state index contributed by atoms with van der Waals surface area (Å²) < 4.78 is 0. The van der Waals surface area contributed by atoms with Gasteiger partial charge in [-0.2, -0.15) is 5.10 Å². The number of rotatable bonds is 6. The quantitative estimate of drug-likeness (QED) is 0.630. The first-order valence-corrected chi connectivity index (χ1v) is 7.28. The molecule has 21 heavy (non-hydrogen) atoms. The third-order valence-corrected chi connectivity index (χ3v) is 3.20. The van der Waals surface area contributed by atoms with Crippen LogP contribution in [0.5, 0.6) is 0 Å². The molecule has 2 aromatic rings. The van der Waals surface area contributed by atoms with Gasteiger partial charge < -0.3 is 0 Å². The molecule has 2 rings (SSSR count). The molecular weight excluding hydrogens is 260 g/mol. The van der Waals surface area contributed by atoms with Crippen molar-refractivity contribution in [2.45, 2.75) is 26.2 Å². The highest BCUT2D eigenvalue weighted by Crippen LogP contribution is 2.08. The van der Waals surface area contributed by atoms with E-state index in [1.54, 1.807) is 12.1 Å². The van der Waals surface area contributed by atoms with Gasteiger partial charge in [0.15, 0.2) is 0 Å². The van der Waals surface area contributed by atoms with Crippen molar-refractivity contribution in [1.82, 2.24) is 5.43 Å². The number of hydrazone groups is 1. The first-order chi connectivity index (χ1) is 10.3. The summed E-state index contributed by atoms with van der Waals surface area (Å²) in [6.07, 6.45) is 3.00. The zero-order chi connectivity index (χ0) is 14.9. The summed E-state index contributed by atoms with van der Waals surface area (Å²) in [5, 5.41) is 4.32. The highest BCUT2D eigenvalue weighted by molar-refractivity contribution is 6.02. The molecule has 0 aliphatic carbocycles. The fraction of sp³-hybridized carbons (Fsp3) is 0.222. The molecule has 108 valence electrons. The predicted octanol–water partition coefficient (Wildman–Crippen LogP) is 4.01. The highest BCUT2D eigenvalue weighted by atomic mass is 16.2. The van der Waals surface area contributed by atoms with Gasteiger partial charge in [0, 0.05) is 5.56 Å². The first kappa shape index (κ1) is 15.0. The van der Waals surface area contributed by atoms with Gasteiger partial charge in [-0.15, -0.1) is 0 Å². The van der Waals surface area contributed by atoms with Gasteiger partial charge >= 0.3 is 0 Å². The number of nitrogens with one attached hydrogen (secondary N) is 1. The SMILES string of the molecule is CCCC/C(=N/NC(=O)c1ccccc1)c1ccccc1. The molecule has 2 aromatic carbocycles. The van der Waals surface area contributed by atoms with Crippen molar-refractivity contribution in [2.75, 3.05) is 0 Å². The molecule has 0 heterocycles. The number of unbranched alkanes of at least 4 members (excludes halogenated alkanes) is 1. The Labute approximate surface area is 125 Å². The van der Waals surface area contributed by atoms with Crippen LogP contribution in [0.2, 0.25) is 0 Å². The molecule has 0 aliphatic heterocycles. The number of carbonyl (C=O) groups is 1. The van der Waals surface area contributed by atoms with Crippen molar-refractivity contribution in [3.63, 3.8) is 0 Å². The van der Waals surface area contributed by atoms with Gasteiger partial charge in [0.05, 0.1) is 5.71 Å². The van der Waals surface area contributed by atoms with E-state index in [0.29, 0.717) is 5.56 Å². The van der Waals surface area contributed by atoms with Gasteiger partial charge in [0.1, 0.15) is 0 Å². The Morgan fingerprint density at radius 3 is 2.10 bits per heavy atom. The molecule has 0 aliphatic rings. The molecule has 3 heteroatoms. The van der Waals surface area contributed by atoms with Crippen LogP contribution in [0, 0.1) is 0 Å². The average Bonchev–Trinajstić information content (AvgIpc) is 2.56. The zero-order valence-electron chi connectivity index (χ0n) is 12.3. The fourth-order valence-corrected chi connectivity index (χ4v) is 2.01. The van der Waals surface area contributed by atoms with Crippen molar-refractivity contribution in [2.24, 2.45) is 5.10 Å². The predicted molar refractivity (Wildman–Crippen MR) is 86.4 cm³/mol. The maximum atomic E-state index is 12.0. The maximum Gasteiger partial charge on any atom is 0.271 e. The van der Waals surface area contributed by atoms with Crippen LogP contribution in [-0.2, 0) is 0 Å². The third kappa shape index (κ3) is 4.56. The molecule has 0 aromatic heterocycles. The summed E-state index contributed by atoms with van der Waals surface area (Å²) in [6.45, 7) is 2.14. The Morgan fingerprint density at radius 1 is 0.952 bits per heavy atom. The van der Waals surface area contributed by atoms with Crippen molar-refractivity contribution in [3.05, 3.63) is 71.8 Å². The lowest BCUT2D eigenvalue weighted by Crippen LogP contribution is -2.20. The lowest BCUT2D eigenvalue weighted by Gasteiger charge is -2.07. The summed E-state index contributed by atoms with van der Waals surface area (Å²) in [5.74, 6) is -0.180. The minimum Gasteiger partial charge on any atom is -0.267 e. The minimum absolute atomic E-state index is 0.180. The van der Waals surface area contributed by atoms with E-state index < -0.39 is 0 Å². The topological polar surface area (TPSA) is 41.5 Å². The Kier molecular flexibility index (Phi) is 5.71. The van der Waals surface area contributed by atoms with Crippen LogP contribution in [0.3, 0.4) is 0 Å². The summed E-state index contributed by atoms with van der Waals surface area (Å²) >= 11 is 0. The van der Waals surface area contributed by atoms with Gasteiger partial charge in [-0.05, 0) is 30.5 Å². The summed E-state index contributed by atoms with van der Waals surface area (Å²) in [5.41, 5.74) is 5.24. The van der Waals surface area contributed by atoms with E-state index in [1.807, 2.05) is 48.5 Å². The number of nitrogens with zero attached hydrogens (tertiary/aromatic N) is 1. The van der Waals surface area contributed by atoms with E-state index in [9.17, 15) is 4.79 Å². The van der Waals surface area contributed by atoms with E-state index in [2.05, 4.69) is 17.5 Å². The van der Waals surface area contributed by atoms with Crippen molar-refractivity contribution in [3.8, 4) is 0 Å². The van der Waals surface area contributed by atoms with Crippen LogP contribution in [0.4, 0.5) is 0 Å². The molecule has 0 bridgehead atoms. The highest BCUT2D eigenvalue weighted by Gasteiger charge is 2.06. The Balaban J connectivity index is 2.11. The molecule has 1 N–H and O–H groups in total. The number of hydrogen-bond donors (Lipinski definition) is 1. The normalized spacial score (nSPS) is 11.2. The van der Waals surface area contributed by atoms with Gasteiger partial charge in [0.25, 0.3) is 5.91 Å². The zero-order valence-corrected chi connectivity index (χ0v) is 12.3. The van der Waals surface area contributed by atoms with Gasteiger partial charge in [-0.3, -0.25) is 4.79 Å². The molecule has 3 nitrogen and oxygen atoms in total. The number of amides is 1. The summed E-state index contributed by atoms with van der Waals surface area (Å²) in [7, 11) is 0. The van der Waals surface area contributed by atoms with Crippen molar-refractivity contribution in [1.29, 1.82) is 0 Å². The van der Waals surface area contributed by atoms with E-state index in [-0.39, 0.29) is 5.91 Å². The van der Waals surface area contributed by atoms with Gasteiger partial charge in [0.2, 0.25) is 0 Å². The van der Waals surface area contributed by atoms with E-state index in [1.165, 1.54) is 0 Å². The van der Waals surface area contributed by atoms with Crippen LogP contribution >= 0.6 is 0 Å². The Morgan fingerprint density at radius 2 is 1.52 bits per heavy atom. The van der Waals surface area contributed by atoms with E-state index >= 15 is 0 Å². The molecule has 0 unspecified atom stereocenters. The molecule has 1 amide bonds. The van der Waals surface area contributed by atoms with E-state index in [0.717, 1.165) is 30.5 Å². The van der Waals surface area contributed by atoms with Crippen LogP contribution in [0.1, 0.15) is 42.1 Å².